The molecule has 0 aliphatic rings. The second-order valence-electron chi connectivity index (χ2n) is 11.4. The van der Waals surface area contributed by atoms with Gasteiger partial charge in [0.25, 0.3) is 5.91 Å². The zero-order chi connectivity index (χ0) is 32.7. The molecule has 0 radical (unpaired) electrons. The van der Waals surface area contributed by atoms with Crippen molar-refractivity contribution in [3.8, 4) is 11.3 Å². The Bertz CT molecular complexity index is 1720. The number of carbonyl (C=O) groups is 1. The van der Waals surface area contributed by atoms with Crippen LogP contribution in [0.15, 0.2) is 114 Å². The van der Waals surface area contributed by atoms with Crippen LogP contribution in [0.1, 0.15) is 53.6 Å². The fraction of sp³-hybridized carbons (Fsp3) is 0.250. The molecule has 2 aromatic heterocycles. The average molecular weight is 691 g/mol. The number of pyridine rings is 1. The minimum absolute atomic E-state index is 0.00415. The van der Waals surface area contributed by atoms with E-state index in [1.54, 1.807) is 12.1 Å². The van der Waals surface area contributed by atoms with Gasteiger partial charge in [0, 0.05) is 47.6 Å². The summed E-state index contributed by atoms with van der Waals surface area (Å²) in [6.07, 6.45) is -1.05. The summed E-state index contributed by atoms with van der Waals surface area (Å²) in [5, 5.41) is 3.10. The van der Waals surface area contributed by atoms with Crippen molar-refractivity contribution in [3.63, 3.8) is 0 Å². The van der Waals surface area contributed by atoms with Crippen molar-refractivity contribution in [3.05, 3.63) is 136 Å². The number of anilines is 1. The summed E-state index contributed by atoms with van der Waals surface area (Å²) in [5.74, 6) is 0.997. The van der Waals surface area contributed by atoms with Gasteiger partial charge in [0.2, 0.25) is 0 Å². The van der Waals surface area contributed by atoms with E-state index in [0.717, 1.165) is 39.4 Å². The standard InChI is InChI=1S/C36H35BrF3N5O/c1-25(2)33(34-43-31(28-15-9-16-30(37)21-28)24-44(34)23-26-11-5-3-6-12-26)45(35(46)27-13-7-4-8-14-27)20-10-19-41-32-18-17-29(22-42-32)36(38,39)40/h3-9,11-18,21-22,24-25,33H,10,19-20,23H2,1-2H3,(H,41,42)/t33-/m1/s1. The fourth-order valence-electron chi connectivity index (χ4n) is 5.40. The topological polar surface area (TPSA) is 63.1 Å². The van der Waals surface area contributed by atoms with E-state index in [-0.39, 0.29) is 17.9 Å². The van der Waals surface area contributed by atoms with E-state index in [1.165, 1.54) is 6.07 Å². The average Bonchev–Trinajstić information content (AvgIpc) is 3.45. The lowest BCUT2D eigenvalue weighted by Crippen LogP contribution is -2.40. The third-order valence-electron chi connectivity index (χ3n) is 7.61. The largest absolute Gasteiger partial charge is 0.417 e. The summed E-state index contributed by atoms with van der Waals surface area (Å²) in [5.41, 5.74) is 2.64. The summed E-state index contributed by atoms with van der Waals surface area (Å²) in [7, 11) is 0. The van der Waals surface area contributed by atoms with Crippen molar-refractivity contribution < 1.29 is 18.0 Å². The van der Waals surface area contributed by atoms with Crippen LogP contribution in [0.3, 0.4) is 0 Å². The van der Waals surface area contributed by atoms with Crippen LogP contribution in [0.2, 0.25) is 0 Å². The molecule has 0 unspecified atom stereocenters. The molecule has 1 N–H and O–H groups in total. The zero-order valence-electron chi connectivity index (χ0n) is 25.6. The molecule has 6 nitrogen and oxygen atoms in total. The predicted octanol–water partition coefficient (Wildman–Crippen LogP) is 9.12. The number of rotatable bonds is 12. The molecule has 0 aliphatic heterocycles. The number of benzene rings is 3. The highest BCUT2D eigenvalue weighted by molar-refractivity contribution is 9.10. The smallest absolute Gasteiger partial charge is 0.370 e. The molecule has 238 valence electrons. The summed E-state index contributed by atoms with van der Waals surface area (Å²) in [4.78, 5) is 25.2. The van der Waals surface area contributed by atoms with Crippen LogP contribution in [0.5, 0.6) is 0 Å². The Morgan fingerprint density at radius 3 is 2.30 bits per heavy atom. The zero-order valence-corrected chi connectivity index (χ0v) is 27.2. The Morgan fingerprint density at radius 2 is 1.67 bits per heavy atom. The first kappa shape index (κ1) is 32.9. The van der Waals surface area contributed by atoms with E-state index in [1.807, 2.05) is 71.8 Å². The number of aromatic nitrogens is 3. The SMILES string of the molecule is CC(C)[C@H](c1nc(-c2cccc(Br)c2)cn1Cc1ccccc1)N(CCCNc1ccc(C(F)(F)F)cn1)C(=O)c1ccccc1. The molecule has 1 amide bonds. The number of amides is 1. The van der Waals surface area contributed by atoms with Gasteiger partial charge < -0.3 is 14.8 Å². The maximum Gasteiger partial charge on any atom is 0.417 e. The van der Waals surface area contributed by atoms with Gasteiger partial charge in [0.1, 0.15) is 11.6 Å². The molecule has 0 saturated carbocycles. The molecule has 1 atom stereocenters. The molecule has 0 saturated heterocycles. The second kappa shape index (κ2) is 14.8. The Hall–Kier alpha value is -4.44. The van der Waals surface area contributed by atoms with Gasteiger partial charge in [-0.3, -0.25) is 4.79 Å². The lowest BCUT2D eigenvalue weighted by Gasteiger charge is -2.35. The van der Waals surface area contributed by atoms with Gasteiger partial charge in [-0.2, -0.15) is 13.2 Å². The summed E-state index contributed by atoms with van der Waals surface area (Å²) >= 11 is 3.58. The fourth-order valence-corrected chi connectivity index (χ4v) is 5.80. The van der Waals surface area contributed by atoms with Crippen molar-refractivity contribution in [2.24, 2.45) is 5.92 Å². The molecule has 3 aromatic carbocycles. The van der Waals surface area contributed by atoms with E-state index in [9.17, 15) is 18.0 Å². The van der Waals surface area contributed by atoms with Crippen LogP contribution in [0.25, 0.3) is 11.3 Å². The molecule has 0 bridgehead atoms. The number of imidazole rings is 1. The van der Waals surface area contributed by atoms with Gasteiger partial charge in [0.15, 0.2) is 0 Å². The summed E-state index contributed by atoms with van der Waals surface area (Å²) in [6, 6.07) is 29.2. The van der Waals surface area contributed by atoms with Crippen LogP contribution in [0.4, 0.5) is 19.0 Å². The quantitative estimate of drug-likeness (QED) is 0.133. The van der Waals surface area contributed by atoms with Crippen LogP contribution in [-0.4, -0.2) is 38.4 Å². The van der Waals surface area contributed by atoms with Crippen molar-refractivity contribution >= 4 is 27.7 Å². The van der Waals surface area contributed by atoms with Gasteiger partial charge in [-0.25, -0.2) is 9.97 Å². The first-order valence-corrected chi connectivity index (χ1v) is 15.9. The third kappa shape index (κ3) is 8.23. The summed E-state index contributed by atoms with van der Waals surface area (Å²) in [6.45, 7) is 5.54. The van der Waals surface area contributed by atoms with Crippen molar-refractivity contribution in [1.29, 1.82) is 0 Å². The monoisotopic (exact) mass is 689 g/mol. The lowest BCUT2D eigenvalue weighted by atomic mass is 9.99. The number of nitrogens with one attached hydrogen (secondary N) is 1. The third-order valence-corrected chi connectivity index (χ3v) is 8.10. The number of carbonyl (C=O) groups excluding carboxylic acids is 1. The molecular formula is C36H35BrF3N5O. The van der Waals surface area contributed by atoms with Crippen LogP contribution in [-0.2, 0) is 12.7 Å². The minimum atomic E-state index is -4.45. The number of hydrogen-bond acceptors (Lipinski definition) is 4. The van der Waals surface area contributed by atoms with Crippen molar-refractivity contribution in [1.82, 2.24) is 19.4 Å². The van der Waals surface area contributed by atoms with E-state index in [4.69, 9.17) is 4.98 Å². The van der Waals surface area contributed by atoms with Crippen LogP contribution in [0, 0.1) is 5.92 Å². The Balaban J connectivity index is 1.47. The van der Waals surface area contributed by atoms with Gasteiger partial charge in [-0.15, -0.1) is 0 Å². The molecule has 0 spiro atoms. The highest BCUT2D eigenvalue weighted by atomic mass is 79.9. The van der Waals surface area contributed by atoms with E-state index in [0.29, 0.717) is 37.4 Å². The van der Waals surface area contributed by atoms with Crippen LogP contribution < -0.4 is 5.32 Å². The van der Waals surface area contributed by atoms with Gasteiger partial charge in [-0.05, 0) is 54.3 Å². The van der Waals surface area contributed by atoms with Crippen LogP contribution >= 0.6 is 15.9 Å². The number of halogens is 4. The molecule has 5 rings (SSSR count). The molecule has 2 heterocycles. The van der Waals surface area contributed by atoms with Gasteiger partial charge in [-0.1, -0.05) is 90.4 Å². The highest BCUT2D eigenvalue weighted by Gasteiger charge is 2.33. The van der Waals surface area contributed by atoms with E-state index in [2.05, 4.69) is 56.8 Å². The Kier molecular flexibility index (Phi) is 10.6. The Morgan fingerprint density at radius 1 is 0.957 bits per heavy atom. The van der Waals surface area contributed by atoms with Gasteiger partial charge >= 0.3 is 6.18 Å². The molecule has 10 heteroatoms. The first-order valence-electron chi connectivity index (χ1n) is 15.1. The van der Waals surface area contributed by atoms with Gasteiger partial charge in [0.05, 0.1) is 17.3 Å². The Labute approximate surface area is 275 Å². The predicted molar refractivity (Wildman–Crippen MR) is 178 cm³/mol. The maximum absolute atomic E-state index is 14.2. The molecule has 0 aliphatic carbocycles. The second-order valence-corrected chi connectivity index (χ2v) is 12.3. The van der Waals surface area contributed by atoms with E-state index >= 15 is 0 Å². The molecular weight excluding hydrogens is 655 g/mol. The van der Waals surface area contributed by atoms with E-state index < -0.39 is 11.7 Å². The molecule has 5 aromatic rings. The highest BCUT2D eigenvalue weighted by Crippen LogP contribution is 2.33. The van der Waals surface area contributed by atoms with Crippen molar-refractivity contribution in [2.45, 2.75) is 39.0 Å². The number of nitrogens with zero attached hydrogens (tertiary/aromatic N) is 4. The lowest BCUT2D eigenvalue weighted by molar-refractivity contribution is -0.137. The normalized spacial score (nSPS) is 12.2. The number of alkyl halides is 3. The minimum Gasteiger partial charge on any atom is -0.370 e. The molecule has 0 fully saturated rings. The molecule has 46 heavy (non-hydrogen) atoms. The number of hydrogen-bond donors (Lipinski definition) is 1. The maximum atomic E-state index is 14.2. The van der Waals surface area contributed by atoms with Crippen molar-refractivity contribution in [2.75, 3.05) is 18.4 Å². The summed E-state index contributed by atoms with van der Waals surface area (Å²) < 4.78 is 42.0. The first-order chi connectivity index (χ1) is 22.1.